The summed E-state index contributed by atoms with van der Waals surface area (Å²) in [5.41, 5.74) is -0.148. The third kappa shape index (κ3) is 2.63. The van der Waals surface area contributed by atoms with Gasteiger partial charge in [0.05, 0.1) is 15.3 Å². The Morgan fingerprint density at radius 3 is 2.53 bits per heavy atom. The molecule has 1 fully saturated rings. The highest BCUT2D eigenvalue weighted by Crippen LogP contribution is 2.24. The van der Waals surface area contributed by atoms with Gasteiger partial charge in [0.15, 0.2) is 0 Å². The van der Waals surface area contributed by atoms with Gasteiger partial charge in [-0.3, -0.25) is 0 Å². The monoisotopic (exact) mass is 257 g/mol. The molecule has 1 saturated heterocycles. The predicted octanol–water partition coefficient (Wildman–Crippen LogP) is 2.42. The van der Waals surface area contributed by atoms with E-state index in [0.29, 0.717) is 11.5 Å². The first-order chi connectivity index (χ1) is 8.00. The molecule has 4 nitrogen and oxygen atoms in total. The Balaban J connectivity index is 2.41. The summed E-state index contributed by atoms with van der Waals surface area (Å²) in [7, 11) is -2.32. The molecule has 17 heavy (non-hydrogen) atoms. The van der Waals surface area contributed by atoms with Gasteiger partial charge in [0.2, 0.25) is 0 Å². The fourth-order valence-electron chi connectivity index (χ4n) is 1.74. The highest BCUT2D eigenvalue weighted by molar-refractivity contribution is 7.93. The van der Waals surface area contributed by atoms with Crippen LogP contribution in [-0.4, -0.2) is 26.8 Å². The van der Waals surface area contributed by atoms with Crippen LogP contribution in [-0.2, 0) is 9.73 Å². The zero-order valence-corrected chi connectivity index (χ0v) is 9.87. The molecule has 1 aliphatic rings. The van der Waals surface area contributed by atoms with E-state index >= 15 is 0 Å². The van der Waals surface area contributed by atoms with E-state index in [1.54, 1.807) is 0 Å². The minimum atomic E-state index is -2.32. The van der Waals surface area contributed by atoms with E-state index in [2.05, 4.69) is 4.36 Å². The number of nitrogens with zero attached hydrogens (tertiary/aromatic N) is 1. The van der Waals surface area contributed by atoms with Gasteiger partial charge in [-0.1, -0.05) is 0 Å². The quantitative estimate of drug-likeness (QED) is 0.884. The van der Waals surface area contributed by atoms with Crippen LogP contribution in [0.1, 0.15) is 23.2 Å². The van der Waals surface area contributed by atoms with E-state index in [1.165, 1.54) is 12.1 Å². The van der Waals surface area contributed by atoms with Gasteiger partial charge in [-0.05, 0) is 31.0 Å². The lowest BCUT2D eigenvalue weighted by atomic mass is 10.2. The van der Waals surface area contributed by atoms with Gasteiger partial charge in [-0.15, -0.1) is 0 Å². The van der Waals surface area contributed by atoms with Gasteiger partial charge in [0.25, 0.3) is 0 Å². The number of carbonyl (C=O) groups is 1. The number of hydrogen-bond acceptors (Lipinski definition) is 3. The third-order valence-corrected chi connectivity index (χ3v) is 5.02. The SMILES string of the molecule is O=C(O)c1ccc(N=S2(=O)CCCC2)c(F)c1. The van der Waals surface area contributed by atoms with Gasteiger partial charge in [-0.2, -0.15) is 4.36 Å². The highest BCUT2D eigenvalue weighted by Gasteiger charge is 2.17. The van der Waals surface area contributed by atoms with Crippen LogP contribution in [0.2, 0.25) is 0 Å². The van der Waals surface area contributed by atoms with Crippen molar-refractivity contribution in [2.45, 2.75) is 12.8 Å². The first kappa shape index (κ1) is 12.0. The molecular formula is C11H12FNO3S. The molecule has 1 aromatic carbocycles. The maximum Gasteiger partial charge on any atom is 0.335 e. The first-order valence-electron chi connectivity index (χ1n) is 5.25. The normalized spacial score (nSPS) is 17.9. The summed E-state index contributed by atoms with van der Waals surface area (Å²) in [5, 5.41) is 8.68. The minimum Gasteiger partial charge on any atom is -0.478 e. The summed E-state index contributed by atoms with van der Waals surface area (Å²) in [5.74, 6) is -0.944. The number of rotatable bonds is 2. The fourth-order valence-corrected chi connectivity index (χ4v) is 3.95. The van der Waals surface area contributed by atoms with Crippen molar-refractivity contribution < 1.29 is 18.5 Å². The van der Waals surface area contributed by atoms with Gasteiger partial charge in [0, 0.05) is 11.5 Å². The van der Waals surface area contributed by atoms with Crippen molar-refractivity contribution in [3.05, 3.63) is 29.6 Å². The number of aromatic carboxylic acids is 1. The lowest BCUT2D eigenvalue weighted by Gasteiger charge is -2.02. The molecule has 0 aliphatic carbocycles. The standard InChI is InChI=1S/C11H12FNO3S/c12-9-7-8(11(14)15)3-4-10(9)13-17(16)5-1-2-6-17/h3-4,7H,1-2,5-6H2,(H,14,15). The molecule has 1 heterocycles. The Morgan fingerprint density at radius 1 is 1.35 bits per heavy atom. The van der Waals surface area contributed by atoms with Crippen molar-refractivity contribution in [2.75, 3.05) is 11.5 Å². The molecule has 92 valence electrons. The molecule has 0 amide bonds. The topological polar surface area (TPSA) is 66.7 Å². The predicted molar refractivity (Wildman–Crippen MR) is 62.6 cm³/mol. The Morgan fingerprint density at radius 2 is 2.00 bits per heavy atom. The Bertz CT molecular complexity index is 564. The molecule has 0 unspecified atom stereocenters. The largest absolute Gasteiger partial charge is 0.478 e. The Hall–Kier alpha value is -1.43. The maximum atomic E-state index is 13.6. The van der Waals surface area contributed by atoms with Gasteiger partial charge in [0.1, 0.15) is 11.5 Å². The van der Waals surface area contributed by atoms with Crippen molar-refractivity contribution >= 4 is 21.4 Å². The average Bonchev–Trinajstić information content (AvgIpc) is 2.68. The summed E-state index contributed by atoms with van der Waals surface area (Å²) in [6, 6.07) is 3.44. The Kier molecular flexibility index (Phi) is 3.15. The van der Waals surface area contributed by atoms with E-state index in [1.807, 2.05) is 0 Å². The number of halogens is 1. The lowest BCUT2D eigenvalue weighted by molar-refractivity contribution is 0.0696. The lowest BCUT2D eigenvalue weighted by Crippen LogP contribution is -2.01. The molecule has 1 N–H and O–H groups in total. The summed E-state index contributed by atoms with van der Waals surface area (Å²) in [6.45, 7) is 0. The van der Waals surface area contributed by atoms with Crippen LogP contribution < -0.4 is 0 Å². The molecule has 6 heteroatoms. The summed E-state index contributed by atoms with van der Waals surface area (Å²) in [4.78, 5) is 10.6. The summed E-state index contributed by atoms with van der Waals surface area (Å²) >= 11 is 0. The van der Waals surface area contributed by atoms with Crippen molar-refractivity contribution in [2.24, 2.45) is 4.36 Å². The molecule has 0 aromatic heterocycles. The number of hydrogen-bond donors (Lipinski definition) is 1. The van der Waals surface area contributed by atoms with Crippen LogP contribution in [0.15, 0.2) is 22.6 Å². The zero-order chi connectivity index (χ0) is 12.5. The van der Waals surface area contributed by atoms with Crippen LogP contribution in [0.3, 0.4) is 0 Å². The highest BCUT2D eigenvalue weighted by atomic mass is 32.2. The number of carboxylic acids is 1. The molecule has 2 rings (SSSR count). The smallest absolute Gasteiger partial charge is 0.335 e. The van der Waals surface area contributed by atoms with E-state index in [9.17, 15) is 13.4 Å². The zero-order valence-electron chi connectivity index (χ0n) is 9.06. The van der Waals surface area contributed by atoms with Gasteiger partial charge < -0.3 is 5.11 Å². The number of carboxylic acid groups (broad SMARTS) is 1. The van der Waals surface area contributed by atoms with Crippen LogP contribution in [0, 0.1) is 5.82 Å². The van der Waals surface area contributed by atoms with Crippen LogP contribution >= 0.6 is 0 Å². The first-order valence-corrected chi connectivity index (χ1v) is 7.11. The summed E-state index contributed by atoms with van der Waals surface area (Å²) < 4.78 is 29.6. The van der Waals surface area contributed by atoms with Crippen molar-refractivity contribution in [1.29, 1.82) is 0 Å². The molecule has 1 aliphatic heterocycles. The molecule has 0 radical (unpaired) electrons. The molecule has 1 aromatic rings. The molecule has 0 spiro atoms. The molecule has 0 bridgehead atoms. The van der Waals surface area contributed by atoms with Crippen molar-refractivity contribution in [1.82, 2.24) is 0 Å². The van der Waals surface area contributed by atoms with E-state index in [4.69, 9.17) is 5.11 Å². The molecule has 0 atom stereocenters. The minimum absolute atomic E-state index is 0.0121. The van der Waals surface area contributed by atoms with Crippen molar-refractivity contribution in [3.8, 4) is 0 Å². The number of benzene rings is 1. The van der Waals surface area contributed by atoms with E-state index in [0.717, 1.165) is 18.9 Å². The van der Waals surface area contributed by atoms with Crippen LogP contribution in [0.25, 0.3) is 0 Å². The van der Waals surface area contributed by atoms with Gasteiger partial charge in [-0.25, -0.2) is 13.4 Å². The second kappa shape index (κ2) is 4.44. The van der Waals surface area contributed by atoms with Crippen LogP contribution in [0.5, 0.6) is 0 Å². The maximum absolute atomic E-state index is 13.6. The second-order valence-corrected chi connectivity index (χ2v) is 6.49. The van der Waals surface area contributed by atoms with Crippen molar-refractivity contribution in [3.63, 3.8) is 0 Å². The molecular weight excluding hydrogens is 245 g/mol. The van der Waals surface area contributed by atoms with E-state index in [-0.39, 0.29) is 11.3 Å². The average molecular weight is 257 g/mol. The van der Waals surface area contributed by atoms with Gasteiger partial charge >= 0.3 is 5.97 Å². The fraction of sp³-hybridized carbons (Fsp3) is 0.364. The summed E-state index contributed by atoms with van der Waals surface area (Å²) in [6.07, 6.45) is 1.69. The molecule has 0 saturated carbocycles. The van der Waals surface area contributed by atoms with E-state index < -0.39 is 21.5 Å². The third-order valence-electron chi connectivity index (χ3n) is 2.64. The Labute approximate surface area is 98.7 Å². The second-order valence-electron chi connectivity index (χ2n) is 3.95. The van der Waals surface area contributed by atoms with Crippen LogP contribution in [0.4, 0.5) is 10.1 Å².